The summed E-state index contributed by atoms with van der Waals surface area (Å²) < 4.78 is 7.40. The lowest BCUT2D eigenvalue weighted by molar-refractivity contribution is -0.176. The van der Waals surface area contributed by atoms with E-state index in [2.05, 4.69) is 18.4 Å². The van der Waals surface area contributed by atoms with Crippen molar-refractivity contribution in [3.63, 3.8) is 0 Å². The van der Waals surface area contributed by atoms with Crippen molar-refractivity contribution in [1.82, 2.24) is 9.47 Å². The SMILES string of the molecule is CCCCCn1c(-c2ccc(O)cc2)c(C)c2cc(O)ccc21.O=C1C2CN1CCO2. The van der Waals surface area contributed by atoms with Crippen LogP contribution in [0, 0.1) is 6.92 Å². The minimum atomic E-state index is -0.0660. The molecule has 2 bridgehead atoms. The third-order valence-electron chi connectivity index (χ3n) is 6.08. The molecule has 1 atom stereocenters. The van der Waals surface area contributed by atoms with Gasteiger partial charge >= 0.3 is 0 Å². The van der Waals surface area contributed by atoms with Crippen molar-refractivity contribution in [2.75, 3.05) is 19.7 Å². The molecule has 3 aliphatic heterocycles. The first kappa shape index (κ1) is 21.2. The van der Waals surface area contributed by atoms with Gasteiger partial charge in [0.2, 0.25) is 0 Å². The molecule has 4 heterocycles. The molecule has 0 aliphatic carbocycles. The van der Waals surface area contributed by atoms with Crippen LogP contribution in [0.5, 0.6) is 11.5 Å². The topological polar surface area (TPSA) is 74.9 Å². The van der Waals surface area contributed by atoms with Crippen molar-refractivity contribution in [2.45, 2.75) is 45.8 Å². The van der Waals surface area contributed by atoms with E-state index in [9.17, 15) is 15.0 Å². The van der Waals surface area contributed by atoms with Gasteiger partial charge in [-0.1, -0.05) is 19.8 Å². The van der Waals surface area contributed by atoms with Gasteiger partial charge in [-0.2, -0.15) is 0 Å². The molecule has 1 unspecified atom stereocenters. The number of carbonyl (C=O) groups is 1. The number of ether oxygens (including phenoxy) is 1. The Hall–Kier alpha value is -2.99. The fraction of sp³-hybridized carbons (Fsp3) is 0.400. The van der Waals surface area contributed by atoms with Gasteiger partial charge in [0.1, 0.15) is 11.5 Å². The molecule has 2 N–H and O–H groups in total. The van der Waals surface area contributed by atoms with Gasteiger partial charge in [-0.15, -0.1) is 0 Å². The molecule has 6 rings (SSSR count). The van der Waals surface area contributed by atoms with Crippen LogP contribution in [-0.4, -0.2) is 51.4 Å². The molecule has 3 aromatic rings. The average Bonchev–Trinajstić information content (AvgIpc) is 3.06. The average molecular weight is 423 g/mol. The zero-order valence-corrected chi connectivity index (χ0v) is 18.2. The minimum absolute atomic E-state index is 0.0660. The van der Waals surface area contributed by atoms with E-state index in [0.29, 0.717) is 5.75 Å². The van der Waals surface area contributed by atoms with Crippen LogP contribution in [0.15, 0.2) is 42.5 Å². The standard InChI is InChI=1S/C20H23NO2.C5H7NO2/c1-3-4-5-12-21-19-11-10-17(23)13-18(19)14(2)20(21)15-6-8-16(22)9-7-15;7-5-4-3-6(5)1-2-8-4/h6-11,13,22-23H,3-5,12H2,1-2H3;4H,1-3H2. The van der Waals surface area contributed by atoms with Crippen molar-refractivity contribution in [3.05, 3.63) is 48.0 Å². The van der Waals surface area contributed by atoms with Crippen LogP contribution in [0.4, 0.5) is 0 Å². The van der Waals surface area contributed by atoms with Gasteiger partial charge in [-0.05, 0) is 66.9 Å². The fourth-order valence-electron chi connectivity index (χ4n) is 4.34. The molecular formula is C25H30N2O4. The lowest BCUT2D eigenvalue weighted by atomic mass is 10.1. The Kier molecular flexibility index (Phi) is 6.18. The number of unbranched alkanes of at least 4 members (excludes halogenated alkanes) is 2. The van der Waals surface area contributed by atoms with Gasteiger partial charge in [0.05, 0.1) is 18.8 Å². The van der Waals surface area contributed by atoms with Crippen molar-refractivity contribution in [2.24, 2.45) is 0 Å². The number of benzene rings is 2. The number of amides is 1. The highest BCUT2D eigenvalue weighted by atomic mass is 16.5. The number of nitrogens with zero attached hydrogens (tertiary/aromatic N) is 2. The molecule has 31 heavy (non-hydrogen) atoms. The molecule has 3 saturated heterocycles. The Balaban J connectivity index is 0.000000239. The molecule has 1 aromatic heterocycles. The summed E-state index contributed by atoms with van der Waals surface area (Å²) in [7, 11) is 0. The monoisotopic (exact) mass is 422 g/mol. The zero-order valence-electron chi connectivity index (χ0n) is 18.2. The smallest absolute Gasteiger partial charge is 0.253 e. The Morgan fingerprint density at radius 1 is 1.06 bits per heavy atom. The summed E-state index contributed by atoms with van der Waals surface area (Å²) in [5, 5.41) is 20.5. The van der Waals surface area contributed by atoms with E-state index >= 15 is 0 Å². The molecule has 0 radical (unpaired) electrons. The largest absolute Gasteiger partial charge is 0.508 e. The number of phenols is 2. The molecule has 0 spiro atoms. The summed E-state index contributed by atoms with van der Waals surface area (Å²) in [5.41, 5.74) is 4.58. The van der Waals surface area contributed by atoms with Gasteiger partial charge in [0.25, 0.3) is 5.91 Å². The van der Waals surface area contributed by atoms with E-state index in [0.717, 1.165) is 54.7 Å². The van der Waals surface area contributed by atoms with Crippen molar-refractivity contribution >= 4 is 16.8 Å². The molecule has 3 aliphatic rings. The van der Waals surface area contributed by atoms with E-state index < -0.39 is 0 Å². The number of aryl methyl sites for hydroxylation is 2. The van der Waals surface area contributed by atoms with E-state index in [1.807, 2.05) is 29.2 Å². The third kappa shape index (κ3) is 4.26. The quantitative estimate of drug-likeness (QED) is 0.471. The first-order chi connectivity index (χ1) is 15.0. The summed E-state index contributed by atoms with van der Waals surface area (Å²) in [5.74, 6) is 0.748. The minimum Gasteiger partial charge on any atom is -0.508 e. The third-order valence-corrected chi connectivity index (χ3v) is 6.08. The van der Waals surface area contributed by atoms with E-state index in [-0.39, 0.29) is 17.8 Å². The Morgan fingerprint density at radius 3 is 2.39 bits per heavy atom. The lowest BCUT2D eigenvalue weighted by Crippen LogP contribution is -2.62. The highest BCUT2D eigenvalue weighted by Gasteiger charge is 2.40. The van der Waals surface area contributed by atoms with Gasteiger partial charge in [-0.3, -0.25) is 4.79 Å². The van der Waals surface area contributed by atoms with Crippen LogP contribution < -0.4 is 0 Å². The normalized spacial score (nSPS) is 17.3. The second-order valence-electron chi connectivity index (χ2n) is 8.22. The van der Waals surface area contributed by atoms with Crippen LogP contribution >= 0.6 is 0 Å². The van der Waals surface area contributed by atoms with Crippen molar-refractivity contribution < 1.29 is 19.7 Å². The lowest BCUT2D eigenvalue weighted by Gasteiger charge is -2.42. The summed E-state index contributed by atoms with van der Waals surface area (Å²) in [4.78, 5) is 12.5. The first-order valence-electron chi connectivity index (χ1n) is 11.0. The van der Waals surface area contributed by atoms with E-state index in [4.69, 9.17) is 4.74 Å². The van der Waals surface area contributed by atoms with Gasteiger partial charge in [0.15, 0.2) is 6.10 Å². The maximum atomic E-state index is 10.6. The van der Waals surface area contributed by atoms with Crippen LogP contribution in [0.25, 0.3) is 22.2 Å². The number of fused-ring (bicyclic) bond motifs is 3. The molecule has 2 aromatic carbocycles. The second-order valence-corrected chi connectivity index (χ2v) is 8.22. The Labute approximate surface area is 182 Å². The van der Waals surface area contributed by atoms with Gasteiger partial charge in [0, 0.05) is 24.0 Å². The molecule has 6 heteroatoms. The van der Waals surface area contributed by atoms with Gasteiger partial charge in [-0.25, -0.2) is 0 Å². The summed E-state index contributed by atoms with van der Waals surface area (Å²) in [6.45, 7) is 7.63. The van der Waals surface area contributed by atoms with Crippen LogP contribution in [0.2, 0.25) is 0 Å². The number of aromatic nitrogens is 1. The Morgan fingerprint density at radius 2 is 1.81 bits per heavy atom. The molecular weight excluding hydrogens is 392 g/mol. The number of hydrogen-bond donors (Lipinski definition) is 2. The fourth-order valence-corrected chi connectivity index (χ4v) is 4.34. The van der Waals surface area contributed by atoms with E-state index in [1.165, 1.54) is 18.5 Å². The number of β-lactam (4-membered cyclic amide) rings is 1. The molecule has 6 nitrogen and oxygen atoms in total. The predicted molar refractivity (Wildman–Crippen MR) is 121 cm³/mol. The summed E-state index contributed by atoms with van der Waals surface area (Å²) in [6.07, 6.45) is 3.45. The highest BCUT2D eigenvalue weighted by molar-refractivity contribution is 5.92. The Bertz CT molecular complexity index is 1060. The van der Waals surface area contributed by atoms with Crippen molar-refractivity contribution in [1.29, 1.82) is 0 Å². The van der Waals surface area contributed by atoms with E-state index in [1.54, 1.807) is 18.2 Å². The maximum absolute atomic E-state index is 10.6. The van der Waals surface area contributed by atoms with Crippen LogP contribution in [-0.2, 0) is 16.1 Å². The molecule has 1 amide bonds. The molecule has 0 saturated carbocycles. The number of carbonyl (C=O) groups excluding carboxylic acids is 1. The number of aromatic hydroxyl groups is 2. The highest BCUT2D eigenvalue weighted by Crippen LogP contribution is 2.35. The number of phenolic OH excluding ortho intramolecular Hbond substituents is 2. The number of hydrogen-bond acceptors (Lipinski definition) is 4. The summed E-state index contributed by atoms with van der Waals surface area (Å²) >= 11 is 0. The maximum Gasteiger partial charge on any atom is 0.253 e. The first-order valence-corrected chi connectivity index (χ1v) is 11.0. The van der Waals surface area contributed by atoms with Crippen LogP contribution in [0.1, 0.15) is 31.7 Å². The second kappa shape index (κ2) is 9.02. The molecule has 164 valence electrons. The predicted octanol–water partition coefficient (Wildman–Crippen LogP) is 4.45. The van der Waals surface area contributed by atoms with Crippen molar-refractivity contribution in [3.8, 4) is 22.8 Å². The van der Waals surface area contributed by atoms with Gasteiger partial charge < -0.3 is 24.4 Å². The summed E-state index contributed by atoms with van der Waals surface area (Å²) in [6, 6.07) is 12.9. The zero-order chi connectivity index (χ0) is 22.0. The number of rotatable bonds is 5. The van der Waals surface area contributed by atoms with Crippen LogP contribution in [0.3, 0.4) is 0 Å². The number of morpholine rings is 2. The molecule has 3 fully saturated rings.